The fraction of sp³-hybridized carbons (Fsp3) is 0.800. The van der Waals surface area contributed by atoms with Crippen LogP contribution in [0.3, 0.4) is 0 Å². The standard InChI is InChI=1S/C5HF9O5/c6-2(7,1(15)16)17-4(11,12)19-5(13,14)18-3(8,9)10/h(H,15,16)/p-1. The molecule has 0 aromatic rings. The Balaban J connectivity index is 4.82. The lowest BCUT2D eigenvalue weighted by Gasteiger charge is -2.26. The van der Waals surface area contributed by atoms with Gasteiger partial charge in [0.15, 0.2) is 0 Å². The molecule has 0 aliphatic rings. The summed E-state index contributed by atoms with van der Waals surface area (Å²) in [6.07, 6.45) is -24.2. The Morgan fingerprint density at radius 1 is 0.737 bits per heavy atom. The maximum Gasteiger partial charge on any atom is 0.529 e. The zero-order chi connectivity index (χ0) is 15.7. The second-order valence-electron chi connectivity index (χ2n) is 2.48. The molecule has 0 spiro atoms. The minimum atomic E-state index is -6.16. The van der Waals surface area contributed by atoms with Crippen molar-refractivity contribution in [2.24, 2.45) is 0 Å². The molecule has 14 heteroatoms. The van der Waals surface area contributed by atoms with E-state index < -0.39 is 31.0 Å². The summed E-state index contributed by atoms with van der Waals surface area (Å²) in [6.45, 7) is 0. The largest absolute Gasteiger partial charge is 0.542 e. The normalized spacial score (nSPS) is 14.6. The van der Waals surface area contributed by atoms with Crippen molar-refractivity contribution in [2.75, 3.05) is 0 Å². The molecule has 0 saturated heterocycles. The van der Waals surface area contributed by atoms with Crippen molar-refractivity contribution in [3.63, 3.8) is 0 Å². The van der Waals surface area contributed by atoms with Crippen LogP contribution in [0.15, 0.2) is 0 Å². The third kappa shape index (κ3) is 7.02. The highest BCUT2D eigenvalue weighted by molar-refractivity contribution is 5.71. The quantitative estimate of drug-likeness (QED) is 0.541. The smallest absolute Gasteiger partial charge is 0.529 e. The first-order valence-electron chi connectivity index (χ1n) is 3.58. The van der Waals surface area contributed by atoms with Gasteiger partial charge in [-0.15, -0.1) is 30.7 Å². The van der Waals surface area contributed by atoms with Crippen molar-refractivity contribution in [3.05, 3.63) is 0 Å². The average molecular weight is 311 g/mol. The average Bonchev–Trinajstić information content (AvgIpc) is 1.91. The number of ether oxygens (including phenoxy) is 3. The molecule has 0 aliphatic carbocycles. The summed E-state index contributed by atoms with van der Waals surface area (Å²) >= 11 is 0. The molecule has 0 aromatic carbocycles. The maximum atomic E-state index is 12.2. The molecule has 0 radical (unpaired) electrons. The van der Waals surface area contributed by atoms with E-state index in [0.29, 0.717) is 0 Å². The number of carbonyl (C=O) groups excluding carboxylic acids is 1. The van der Waals surface area contributed by atoms with Crippen molar-refractivity contribution < 1.29 is 63.6 Å². The molecule has 0 atom stereocenters. The minimum absolute atomic E-state index is 1.71. The van der Waals surface area contributed by atoms with E-state index in [1.165, 1.54) is 0 Å². The molecule has 0 rings (SSSR count). The third-order valence-corrected chi connectivity index (χ3v) is 0.957. The molecule has 114 valence electrons. The van der Waals surface area contributed by atoms with Gasteiger partial charge in [0.25, 0.3) is 0 Å². The lowest BCUT2D eigenvalue weighted by Crippen LogP contribution is -2.50. The Hall–Kier alpha value is -1.28. The van der Waals surface area contributed by atoms with Gasteiger partial charge >= 0.3 is 25.1 Å². The molecule has 0 amide bonds. The van der Waals surface area contributed by atoms with E-state index in [-0.39, 0.29) is 0 Å². The van der Waals surface area contributed by atoms with Gasteiger partial charge in [-0.2, -0.15) is 13.5 Å². The number of hydrogen-bond acceptors (Lipinski definition) is 5. The molecule has 0 heterocycles. The zero-order valence-electron chi connectivity index (χ0n) is 7.94. The van der Waals surface area contributed by atoms with Crippen molar-refractivity contribution in [1.29, 1.82) is 0 Å². The topological polar surface area (TPSA) is 67.8 Å². The highest BCUT2D eigenvalue weighted by atomic mass is 19.4. The van der Waals surface area contributed by atoms with Gasteiger partial charge in [0, 0.05) is 0 Å². The van der Waals surface area contributed by atoms with E-state index in [2.05, 4.69) is 0 Å². The molecule has 0 N–H and O–H groups in total. The van der Waals surface area contributed by atoms with Gasteiger partial charge in [0.2, 0.25) is 0 Å². The van der Waals surface area contributed by atoms with Crippen LogP contribution in [0.25, 0.3) is 0 Å². The first-order chi connectivity index (χ1) is 8.06. The number of halogens is 9. The second-order valence-corrected chi connectivity index (χ2v) is 2.48. The lowest BCUT2D eigenvalue weighted by molar-refractivity contribution is -0.582. The maximum absolute atomic E-state index is 12.2. The molecule has 5 nitrogen and oxygen atoms in total. The summed E-state index contributed by atoms with van der Waals surface area (Å²) in [5, 5.41) is 9.52. The first kappa shape index (κ1) is 17.7. The second kappa shape index (κ2) is 5.01. The summed E-state index contributed by atoms with van der Waals surface area (Å²) in [7, 11) is 0. The van der Waals surface area contributed by atoms with Gasteiger partial charge in [-0.05, 0) is 0 Å². The van der Waals surface area contributed by atoms with Crippen molar-refractivity contribution in [3.8, 4) is 0 Å². The van der Waals surface area contributed by atoms with Crippen LogP contribution in [-0.4, -0.2) is 31.0 Å². The molecule has 0 saturated carbocycles. The van der Waals surface area contributed by atoms with Crippen LogP contribution in [-0.2, 0) is 19.0 Å². The number of carboxylic acid groups (broad SMARTS) is 1. The van der Waals surface area contributed by atoms with E-state index in [0.717, 1.165) is 0 Å². The molecular formula is C5F9O5-. The summed E-state index contributed by atoms with van der Waals surface area (Å²) < 4.78 is 112. The number of carbonyl (C=O) groups is 1. The summed E-state index contributed by atoms with van der Waals surface area (Å²) in [6, 6.07) is 0. The SMILES string of the molecule is O=C([O-])C(F)(F)OC(F)(F)OC(F)(F)OC(F)(F)F. The van der Waals surface area contributed by atoms with Crippen molar-refractivity contribution in [1.82, 2.24) is 0 Å². The highest BCUT2D eigenvalue weighted by Gasteiger charge is 2.57. The predicted octanol–water partition coefficient (Wildman–Crippen LogP) is 0.999. The van der Waals surface area contributed by atoms with Crippen LogP contribution in [0.1, 0.15) is 0 Å². The van der Waals surface area contributed by atoms with Gasteiger partial charge < -0.3 is 9.90 Å². The van der Waals surface area contributed by atoms with Gasteiger partial charge in [-0.3, -0.25) is 0 Å². The predicted molar refractivity (Wildman–Crippen MR) is 29.2 cm³/mol. The molecule has 0 unspecified atom stereocenters. The molecule has 0 bridgehead atoms. The molecular weight excluding hydrogens is 311 g/mol. The highest BCUT2D eigenvalue weighted by Crippen LogP contribution is 2.36. The molecule has 0 aliphatic heterocycles. The van der Waals surface area contributed by atoms with Crippen LogP contribution in [0.2, 0.25) is 0 Å². The van der Waals surface area contributed by atoms with Gasteiger partial charge in [-0.1, -0.05) is 0 Å². The van der Waals surface area contributed by atoms with E-state index in [9.17, 15) is 49.4 Å². The number of aliphatic carboxylic acids is 1. The zero-order valence-corrected chi connectivity index (χ0v) is 7.94. The van der Waals surface area contributed by atoms with Crippen molar-refractivity contribution >= 4 is 5.97 Å². The molecule has 19 heavy (non-hydrogen) atoms. The summed E-state index contributed by atoms with van der Waals surface area (Å²) in [5.74, 6) is -3.57. The Bertz CT molecular complexity index is 336. The first-order valence-corrected chi connectivity index (χ1v) is 3.58. The Kier molecular flexibility index (Phi) is 4.67. The fourth-order valence-electron chi connectivity index (χ4n) is 0.506. The number of alkyl halides is 9. The van der Waals surface area contributed by atoms with Crippen LogP contribution in [0.4, 0.5) is 39.5 Å². The van der Waals surface area contributed by atoms with Crippen LogP contribution < -0.4 is 5.11 Å². The van der Waals surface area contributed by atoms with Crippen LogP contribution in [0.5, 0.6) is 0 Å². The van der Waals surface area contributed by atoms with Crippen molar-refractivity contribution in [2.45, 2.75) is 25.1 Å². The summed E-state index contributed by atoms with van der Waals surface area (Å²) in [4.78, 5) is 9.52. The van der Waals surface area contributed by atoms with E-state index in [1.807, 2.05) is 9.47 Å². The number of carboxylic acids is 1. The van der Waals surface area contributed by atoms with E-state index >= 15 is 0 Å². The number of rotatable bonds is 6. The van der Waals surface area contributed by atoms with Gasteiger partial charge in [-0.25, -0.2) is 9.47 Å². The number of hydrogen-bond donors (Lipinski definition) is 0. The lowest BCUT2D eigenvalue weighted by atomic mass is 10.6. The van der Waals surface area contributed by atoms with Crippen LogP contribution >= 0.6 is 0 Å². The molecule has 0 fully saturated rings. The van der Waals surface area contributed by atoms with E-state index in [1.54, 1.807) is 4.74 Å². The Morgan fingerprint density at radius 2 is 1.11 bits per heavy atom. The Labute approximate surface area is 96.0 Å². The van der Waals surface area contributed by atoms with E-state index in [4.69, 9.17) is 0 Å². The van der Waals surface area contributed by atoms with Crippen LogP contribution in [0, 0.1) is 0 Å². The molecule has 0 aromatic heterocycles. The Morgan fingerprint density at radius 3 is 1.42 bits per heavy atom. The fourth-order valence-corrected chi connectivity index (χ4v) is 0.506. The third-order valence-electron chi connectivity index (χ3n) is 0.957. The van der Waals surface area contributed by atoms with Gasteiger partial charge in [0.05, 0.1) is 0 Å². The monoisotopic (exact) mass is 311 g/mol. The minimum Gasteiger partial charge on any atom is -0.542 e. The van der Waals surface area contributed by atoms with Gasteiger partial charge in [0.1, 0.15) is 5.97 Å². The summed E-state index contributed by atoms with van der Waals surface area (Å²) in [5.41, 5.74) is 0.